The van der Waals surface area contributed by atoms with Gasteiger partial charge in [0.25, 0.3) is 0 Å². The summed E-state index contributed by atoms with van der Waals surface area (Å²) in [6, 6.07) is 12.0. The standard InChI is InChI=1S/C20H14F6N2O2/c21-19(22,23)13-6-2-8-15(17(13)27)29-11-4-1-5-12(10-11)30-16-9-3-7-14(18(16)28)20(24,25)26/h1-10H,27-28H2. The van der Waals surface area contributed by atoms with Crippen molar-refractivity contribution in [1.82, 2.24) is 0 Å². The Bertz CT molecular complexity index is 983. The van der Waals surface area contributed by atoms with Gasteiger partial charge in [-0.15, -0.1) is 0 Å². The van der Waals surface area contributed by atoms with Crippen LogP contribution in [0.5, 0.6) is 23.0 Å². The van der Waals surface area contributed by atoms with Gasteiger partial charge in [0.15, 0.2) is 11.5 Å². The Balaban J connectivity index is 1.87. The Hall–Kier alpha value is -3.56. The first-order valence-electron chi connectivity index (χ1n) is 8.34. The molecular formula is C20H14F6N2O2. The smallest absolute Gasteiger partial charge is 0.418 e. The van der Waals surface area contributed by atoms with Crippen molar-refractivity contribution in [2.75, 3.05) is 11.5 Å². The molecule has 10 heteroatoms. The largest absolute Gasteiger partial charge is 0.455 e. The minimum atomic E-state index is -4.66. The van der Waals surface area contributed by atoms with E-state index in [1.165, 1.54) is 36.4 Å². The van der Waals surface area contributed by atoms with Crippen molar-refractivity contribution >= 4 is 11.4 Å². The van der Waals surface area contributed by atoms with Gasteiger partial charge in [-0.25, -0.2) is 0 Å². The highest BCUT2D eigenvalue weighted by Crippen LogP contribution is 2.41. The van der Waals surface area contributed by atoms with E-state index in [0.717, 1.165) is 24.3 Å². The third-order valence-corrected chi connectivity index (χ3v) is 4.00. The molecule has 0 heterocycles. The highest BCUT2D eigenvalue weighted by atomic mass is 19.4. The van der Waals surface area contributed by atoms with Crippen molar-refractivity contribution in [2.45, 2.75) is 12.4 Å². The molecule has 0 aliphatic carbocycles. The van der Waals surface area contributed by atoms with E-state index in [4.69, 9.17) is 20.9 Å². The third kappa shape index (κ3) is 4.53. The van der Waals surface area contributed by atoms with Crippen LogP contribution in [0.4, 0.5) is 37.7 Å². The van der Waals surface area contributed by atoms with Gasteiger partial charge in [0.05, 0.1) is 22.5 Å². The molecule has 3 aromatic rings. The van der Waals surface area contributed by atoms with Crippen molar-refractivity contribution in [3.63, 3.8) is 0 Å². The average Bonchev–Trinajstić information content (AvgIpc) is 2.63. The fourth-order valence-corrected chi connectivity index (χ4v) is 2.62. The Morgan fingerprint density at radius 1 is 0.567 bits per heavy atom. The summed E-state index contributed by atoms with van der Waals surface area (Å²) >= 11 is 0. The van der Waals surface area contributed by atoms with Crippen LogP contribution >= 0.6 is 0 Å². The zero-order valence-corrected chi connectivity index (χ0v) is 15.0. The van der Waals surface area contributed by atoms with Gasteiger partial charge in [0.1, 0.15) is 11.5 Å². The first-order chi connectivity index (χ1) is 14.0. The lowest BCUT2D eigenvalue weighted by Gasteiger charge is -2.16. The molecular weight excluding hydrogens is 414 g/mol. The number of hydrogen-bond donors (Lipinski definition) is 2. The van der Waals surface area contributed by atoms with Crippen LogP contribution in [-0.4, -0.2) is 0 Å². The molecule has 0 spiro atoms. The summed E-state index contributed by atoms with van der Waals surface area (Å²) in [5, 5.41) is 0. The maximum absolute atomic E-state index is 13.0. The average molecular weight is 428 g/mol. The van der Waals surface area contributed by atoms with Gasteiger partial charge in [0.2, 0.25) is 0 Å². The fourth-order valence-electron chi connectivity index (χ4n) is 2.62. The Kier molecular flexibility index (Phi) is 5.43. The molecule has 0 fully saturated rings. The number of benzene rings is 3. The van der Waals surface area contributed by atoms with Crippen LogP contribution in [0, 0.1) is 0 Å². The maximum atomic E-state index is 13.0. The summed E-state index contributed by atoms with van der Waals surface area (Å²) in [5.74, 6) is -0.353. The molecule has 0 saturated heterocycles. The molecule has 3 rings (SSSR count). The fraction of sp³-hybridized carbons (Fsp3) is 0.100. The third-order valence-electron chi connectivity index (χ3n) is 4.00. The van der Waals surface area contributed by atoms with Crippen molar-refractivity contribution < 1.29 is 35.8 Å². The van der Waals surface area contributed by atoms with Crippen LogP contribution in [0.1, 0.15) is 11.1 Å². The zero-order chi connectivity index (χ0) is 22.1. The van der Waals surface area contributed by atoms with E-state index < -0.39 is 34.9 Å². The van der Waals surface area contributed by atoms with Crippen LogP contribution in [0.2, 0.25) is 0 Å². The predicted octanol–water partition coefficient (Wildman–Crippen LogP) is 6.47. The van der Waals surface area contributed by atoms with Crippen molar-refractivity contribution in [3.05, 3.63) is 71.8 Å². The Morgan fingerprint density at radius 3 is 1.30 bits per heavy atom. The first-order valence-corrected chi connectivity index (χ1v) is 8.34. The van der Waals surface area contributed by atoms with E-state index >= 15 is 0 Å². The second-order valence-corrected chi connectivity index (χ2v) is 6.11. The molecule has 0 bridgehead atoms. The lowest BCUT2D eigenvalue weighted by molar-refractivity contribution is -0.137. The van der Waals surface area contributed by atoms with E-state index in [-0.39, 0.29) is 23.0 Å². The minimum absolute atomic E-state index is 0.0593. The summed E-state index contributed by atoms with van der Waals surface area (Å²) in [7, 11) is 0. The van der Waals surface area contributed by atoms with Crippen LogP contribution in [-0.2, 0) is 12.4 Å². The number of anilines is 2. The number of nitrogen functional groups attached to an aromatic ring is 2. The second kappa shape index (κ2) is 7.69. The normalized spacial score (nSPS) is 11.9. The molecule has 0 unspecified atom stereocenters. The number of hydrogen-bond acceptors (Lipinski definition) is 4. The molecule has 0 aliphatic heterocycles. The van der Waals surface area contributed by atoms with Gasteiger partial charge in [0, 0.05) is 6.07 Å². The molecule has 3 aromatic carbocycles. The summed E-state index contributed by atoms with van der Waals surface area (Å²) in [6.07, 6.45) is -9.31. The monoisotopic (exact) mass is 428 g/mol. The minimum Gasteiger partial charge on any atom is -0.455 e. The highest BCUT2D eigenvalue weighted by molar-refractivity contribution is 5.62. The molecule has 0 aliphatic rings. The molecule has 0 amide bonds. The van der Waals surface area contributed by atoms with Gasteiger partial charge in [-0.05, 0) is 36.4 Å². The van der Waals surface area contributed by atoms with Gasteiger partial charge in [-0.3, -0.25) is 0 Å². The SMILES string of the molecule is Nc1c(Oc2cccc(Oc3cccc(C(F)(F)F)c3N)c2)cccc1C(F)(F)F. The Morgan fingerprint density at radius 2 is 0.933 bits per heavy atom. The van der Waals surface area contributed by atoms with Crippen LogP contribution in [0.15, 0.2) is 60.7 Å². The molecule has 30 heavy (non-hydrogen) atoms. The molecule has 0 aromatic heterocycles. The number of ether oxygens (including phenoxy) is 2. The number of nitrogens with two attached hydrogens (primary N) is 2. The van der Waals surface area contributed by atoms with Gasteiger partial charge in [-0.2, -0.15) is 26.3 Å². The molecule has 4 nitrogen and oxygen atoms in total. The van der Waals surface area contributed by atoms with E-state index in [0.29, 0.717) is 0 Å². The number of alkyl halides is 6. The summed E-state index contributed by atoms with van der Waals surface area (Å²) in [4.78, 5) is 0. The molecule has 0 radical (unpaired) electrons. The molecule has 0 atom stereocenters. The quantitative estimate of drug-likeness (QED) is 0.369. The van der Waals surface area contributed by atoms with Crippen molar-refractivity contribution in [1.29, 1.82) is 0 Å². The second-order valence-electron chi connectivity index (χ2n) is 6.11. The van der Waals surface area contributed by atoms with Crippen LogP contribution in [0.3, 0.4) is 0 Å². The summed E-state index contributed by atoms with van der Waals surface area (Å²) in [5.41, 5.74) is 7.81. The number of halogens is 6. The number of para-hydroxylation sites is 2. The maximum Gasteiger partial charge on any atom is 0.418 e. The Labute approximate surface area is 166 Å². The lowest BCUT2D eigenvalue weighted by Crippen LogP contribution is -2.09. The summed E-state index contributed by atoms with van der Waals surface area (Å²) in [6.45, 7) is 0. The molecule has 4 N–H and O–H groups in total. The first kappa shape index (κ1) is 21.2. The lowest BCUT2D eigenvalue weighted by atomic mass is 10.1. The highest BCUT2D eigenvalue weighted by Gasteiger charge is 2.35. The van der Waals surface area contributed by atoms with Gasteiger partial charge < -0.3 is 20.9 Å². The molecule has 158 valence electrons. The van der Waals surface area contributed by atoms with Crippen molar-refractivity contribution in [3.8, 4) is 23.0 Å². The molecule has 0 saturated carbocycles. The van der Waals surface area contributed by atoms with Crippen molar-refractivity contribution in [2.24, 2.45) is 0 Å². The van der Waals surface area contributed by atoms with E-state index in [2.05, 4.69) is 0 Å². The topological polar surface area (TPSA) is 70.5 Å². The van der Waals surface area contributed by atoms with E-state index in [1.54, 1.807) is 0 Å². The van der Waals surface area contributed by atoms with Crippen LogP contribution in [0.25, 0.3) is 0 Å². The van der Waals surface area contributed by atoms with Gasteiger partial charge in [-0.1, -0.05) is 18.2 Å². The zero-order valence-electron chi connectivity index (χ0n) is 15.0. The predicted molar refractivity (Wildman–Crippen MR) is 98.3 cm³/mol. The van der Waals surface area contributed by atoms with Crippen LogP contribution < -0.4 is 20.9 Å². The van der Waals surface area contributed by atoms with E-state index in [1.807, 2.05) is 0 Å². The summed E-state index contributed by atoms with van der Waals surface area (Å²) < 4.78 is 88.7. The van der Waals surface area contributed by atoms with E-state index in [9.17, 15) is 26.3 Å². The van der Waals surface area contributed by atoms with Gasteiger partial charge >= 0.3 is 12.4 Å². The number of rotatable bonds is 4.